The van der Waals surface area contributed by atoms with Gasteiger partial charge in [-0.25, -0.2) is 4.39 Å². The van der Waals surface area contributed by atoms with E-state index in [1.807, 2.05) is 31.2 Å². The molecule has 0 bridgehead atoms. The predicted molar refractivity (Wildman–Crippen MR) is 96.9 cm³/mol. The summed E-state index contributed by atoms with van der Waals surface area (Å²) in [4.78, 5) is 23.7. The fourth-order valence-electron chi connectivity index (χ4n) is 1.99. The number of carbonyl (C=O) groups excluding carboxylic acids is 2. The van der Waals surface area contributed by atoms with Crippen molar-refractivity contribution in [3.63, 3.8) is 0 Å². The summed E-state index contributed by atoms with van der Waals surface area (Å²) in [6, 6.07) is 11.7. The van der Waals surface area contributed by atoms with E-state index in [4.69, 9.17) is 0 Å². The first-order valence-electron chi connectivity index (χ1n) is 7.44. The van der Waals surface area contributed by atoms with Gasteiger partial charge in [0, 0.05) is 11.4 Å². The van der Waals surface area contributed by atoms with Gasteiger partial charge in [0.05, 0.1) is 11.5 Å². The molecule has 0 aliphatic carbocycles. The molecule has 24 heavy (non-hydrogen) atoms. The fourth-order valence-corrected chi connectivity index (χ4v) is 2.60. The molecule has 2 N–H and O–H groups in total. The Morgan fingerprint density at radius 3 is 2.25 bits per heavy atom. The van der Waals surface area contributed by atoms with E-state index in [2.05, 4.69) is 10.6 Å². The zero-order valence-electron chi connectivity index (χ0n) is 13.6. The molecule has 2 rings (SSSR count). The lowest BCUT2D eigenvalue weighted by Crippen LogP contribution is -2.18. The van der Waals surface area contributed by atoms with Gasteiger partial charge in [-0.1, -0.05) is 23.8 Å². The largest absolute Gasteiger partial charge is 0.325 e. The van der Waals surface area contributed by atoms with Gasteiger partial charge in [-0.3, -0.25) is 9.59 Å². The second kappa shape index (κ2) is 8.49. The number of hydrogen-bond acceptors (Lipinski definition) is 3. The van der Waals surface area contributed by atoms with Gasteiger partial charge in [0.1, 0.15) is 5.82 Å². The lowest BCUT2D eigenvalue weighted by molar-refractivity contribution is -0.114. The van der Waals surface area contributed by atoms with Crippen molar-refractivity contribution < 1.29 is 14.0 Å². The van der Waals surface area contributed by atoms with Crippen LogP contribution in [0.5, 0.6) is 0 Å². The number of hydrogen-bond donors (Lipinski definition) is 2. The van der Waals surface area contributed by atoms with Gasteiger partial charge in [-0.05, 0) is 43.7 Å². The monoisotopic (exact) mass is 346 g/mol. The van der Waals surface area contributed by atoms with E-state index in [1.165, 1.54) is 23.9 Å². The van der Waals surface area contributed by atoms with Crippen LogP contribution < -0.4 is 10.6 Å². The van der Waals surface area contributed by atoms with E-state index in [-0.39, 0.29) is 23.3 Å². The molecule has 0 atom stereocenters. The van der Waals surface area contributed by atoms with Gasteiger partial charge in [-0.2, -0.15) is 0 Å². The fraction of sp³-hybridized carbons (Fsp3) is 0.222. The summed E-state index contributed by atoms with van der Waals surface area (Å²) < 4.78 is 13.2. The molecule has 0 heterocycles. The first kappa shape index (κ1) is 18.0. The normalized spacial score (nSPS) is 10.3. The number of amides is 2. The van der Waals surface area contributed by atoms with Crippen LogP contribution in [0, 0.1) is 19.7 Å². The van der Waals surface area contributed by atoms with Gasteiger partial charge >= 0.3 is 0 Å². The summed E-state index contributed by atoms with van der Waals surface area (Å²) in [5.74, 6) is -0.544. The Morgan fingerprint density at radius 1 is 0.958 bits per heavy atom. The van der Waals surface area contributed by atoms with Gasteiger partial charge in [0.25, 0.3) is 0 Å². The third kappa shape index (κ3) is 5.70. The molecule has 6 heteroatoms. The first-order valence-corrected chi connectivity index (χ1v) is 8.60. The van der Waals surface area contributed by atoms with Gasteiger partial charge in [0.2, 0.25) is 11.8 Å². The zero-order valence-corrected chi connectivity index (χ0v) is 14.4. The quantitative estimate of drug-likeness (QED) is 0.837. The smallest absolute Gasteiger partial charge is 0.234 e. The molecule has 2 aromatic rings. The molecular weight excluding hydrogens is 327 g/mol. The predicted octanol–water partition coefficient (Wildman–Crippen LogP) is 3.75. The van der Waals surface area contributed by atoms with Gasteiger partial charge in [0.15, 0.2) is 0 Å². The molecule has 0 radical (unpaired) electrons. The molecule has 126 valence electrons. The maximum Gasteiger partial charge on any atom is 0.234 e. The van der Waals surface area contributed by atoms with Crippen molar-refractivity contribution in [1.29, 1.82) is 0 Å². The summed E-state index contributed by atoms with van der Waals surface area (Å²) in [6.45, 7) is 3.76. The summed E-state index contributed by atoms with van der Waals surface area (Å²) in [5, 5.41) is 5.42. The average Bonchev–Trinajstić information content (AvgIpc) is 2.53. The maximum atomic E-state index is 13.2. The number of nitrogens with one attached hydrogen (secondary N) is 2. The van der Waals surface area contributed by atoms with Crippen LogP contribution in [0.15, 0.2) is 42.5 Å². The molecule has 0 aliphatic heterocycles. The summed E-state index contributed by atoms with van der Waals surface area (Å²) in [7, 11) is 0. The van der Waals surface area contributed by atoms with E-state index in [0.717, 1.165) is 16.8 Å². The Labute approximate surface area is 144 Å². The molecule has 0 aliphatic rings. The molecule has 0 saturated carbocycles. The number of benzene rings is 2. The highest BCUT2D eigenvalue weighted by Gasteiger charge is 2.08. The van der Waals surface area contributed by atoms with Crippen LogP contribution in [0.1, 0.15) is 11.1 Å². The average molecular weight is 346 g/mol. The van der Waals surface area contributed by atoms with E-state index in [9.17, 15) is 14.0 Å². The van der Waals surface area contributed by atoms with Gasteiger partial charge in [-0.15, -0.1) is 11.8 Å². The Kier molecular flexibility index (Phi) is 6.37. The minimum absolute atomic E-state index is 0.122. The van der Waals surface area contributed by atoms with Crippen molar-refractivity contribution in [2.45, 2.75) is 13.8 Å². The second-order valence-corrected chi connectivity index (χ2v) is 6.40. The Bertz CT molecular complexity index is 732. The van der Waals surface area contributed by atoms with E-state index in [1.54, 1.807) is 13.0 Å². The van der Waals surface area contributed by atoms with Crippen LogP contribution in [-0.4, -0.2) is 23.3 Å². The van der Waals surface area contributed by atoms with Crippen molar-refractivity contribution >= 4 is 35.0 Å². The van der Waals surface area contributed by atoms with E-state index in [0.29, 0.717) is 5.69 Å². The zero-order chi connectivity index (χ0) is 17.5. The Hall–Kier alpha value is -2.34. The van der Waals surface area contributed by atoms with Crippen LogP contribution in [0.25, 0.3) is 0 Å². The van der Waals surface area contributed by atoms with Crippen LogP contribution in [-0.2, 0) is 9.59 Å². The third-order valence-corrected chi connectivity index (χ3v) is 4.21. The molecule has 0 unspecified atom stereocenters. The highest BCUT2D eigenvalue weighted by molar-refractivity contribution is 8.00. The topological polar surface area (TPSA) is 58.2 Å². The summed E-state index contributed by atoms with van der Waals surface area (Å²) in [5.41, 5.74) is 3.08. The Morgan fingerprint density at radius 2 is 1.58 bits per heavy atom. The van der Waals surface area contributed by atoms with E-state index < -0.39 is 5.82 Å². The molecule has 0 saturated heterocycles. The number of carbonyl (C=O) groups is 2. The molecule has 2 aromatic carbocycles. The number of aryl methyl sites for hydroxylation is 2. The van der Waals surface area contributed by atoms with Crippen molar-refractivity contribution in [1.82, 2.24) is 0 Å². The van der Waals surface area contributed by atoms with Crippen molar-refractivity contribution in [2.24, 2.45) is 0 Å². The number of rotatable bonds is 6. The minimum Gasteiger partial charge on any atom is -0.325 e. The van der Waals surface area contributed by atoms with E-state index >= 15 is 0 Å². The van der Waals surface area contributed by atoms with Gasteiger partial charge < -0.3 is 10.6 Å². The lowest BCUT2D eigenvalue weighted by Gasteiger charge is -2.08. The third-order valence-electron chi connectivity index (χ3n) is 3.28. The molecule has 4 nitrogen and oxygen atoms in total. The molecule has 0 aromatic heterocycles. The minimum atomic E-state index is -0.402. The highest BCUT2D eigenvalue weighted by atomic mass is 32.2. The number of anilines is 2. The van der Waals surface area contributed by atoms with Crippen LogP contribution >= 0.6 is 11.8 Å². The molecule has 0 spiro atoms. The Balaban J connectivity index is 1.75. The first-order chi connectivity index (χ1) is 11.4. The van der Waals surface area contributed by atoms with Crippen molar-refractivity contribution in [3.8, 4) is 0 Å². The SMILES string of the molecule is Cc1ccc(NC(=O)CSCC(=O)Nc2cc(F)ccc2C)cc1. The number of thioether (sulfide) groups is 1. The van der Waals surface area contributed by atoms with Crippen LogP contribution in [0.2, 0.25) is 0 Å². The van der Waals surface area contributed by atoms with Crippen molar-refractivity contribution in [2.75, 3.05) is 22.1 Å². The molecule has 0 fully saturated rings. The lowest BCUT2D eigenvalue weighted by atomic mass is 10.2. The molecular formula is C18H19FN2O2S. The maximum absolute atomic E-state index is 13.2. The second-order valence-electron chi connectivity index (χ2n) is 5.41. The molecule has 2 amide bonds. The summed E-state index contributed by atoms with van der Waals surface area (Å²) in [6.07, 6.45) is 0. The van der Waals surface area contributed by atoms with Crippen LogP contribution in [0.4, 0.5) is 15.8 Å². The standard InChI is InChI=1S/C18H19FN2O2S/c1-12-3-7-15(8-4-12)20-17(22)10-24-11-18(23)21-16-9-14(19)6-5-13(16)2/h3-9H,10-11H2,1-2H3,(H,20,22)(H,21,23). The highest BCUT2D eigenvalue weighted by Crippen LogP contribution is 2.16. The summed E-state index contributed by atoms with van der Waals surface area (Å²) >= 11 is 1.20. The number of halogens is 1. The van der Waals surface area contributed by atoms with Crippen molar-refractivity contribution in [3.05, 3.63) is 59.4 Å². The van der Waals surface area contributed by atoms with Crippen LogP contribution in [0.3, 0.4) is 0 Å².